The second-order valence-electron chi connectivity index (χ2n) is 0. The fourth-order valence-electron chi connectivity index (χ4n) is 0. The van der Waals surface area contributed by atoms with E-state index in [4.69, 9.17) is 0 Å². The second-order valence-corrected chi connectivity index (χ2v) is 0. The van der Waals surface area contributed by atoms with Gasteiger partial charge in [0.25, 0.3) is 0 Å². The van der Waals surface area contributed by atoms with Crippen molar-refractivity contribution in [1.82, 2.24) is 0 Å². The minimum Gasteiger partial charge on any atom is -1.00 e. The predicted octanol–water partition coefficient (Wildman–Crippen LogP) is -5.91. The van der Waals surface area contributed by atoms with Gasteiger partial charge in [0.1, 0.15) is 0 Å². The van der Waals surface area contributed by atoms with E-state index < -0.39 is 0 Å². The summed E-state index contributed by atoms with van der Waals surface area (Å²) in [6, 6.07) is 0. The van der Waals surface area contributed by atoms with Gasteiger partial charge in [0.2, 0.25) is 0 Å². The largest absolute Gasteiger partial charge is 1.00 e. The molecule has 0 fully saturated rings. The molecular formula is H6AsCl4Na. The normalized spacial score (nSPS) is 0. The van der Waals surface area contributed by atoms with Crippen molar-refractivity contribution in [3.8, 4) is 0 Å². The van der Waals surface area contributed by atoms with E-state index in [1.54, 1.807) is 0 Å². The molecule has 0 amide bonds. The third-order valence-electron chi connectivity index (χ3n) is 0. The molecule has 0 bridgehead atoms. The van der Waals surface area contributed by atoms with E-state index in [0.717, 1.165) is 0 Å². The van der Waals surface area contributed by atoms with Gasteiger partial charge in [-0.3, -0.25) is 0 Å². The Kier molecular flexibility index (Phi) is 552. The first-order valence-corrected chi connectivity index (χ1v) is 0. The third kappa shape index (κ3) is 29.7. The Bertz CT molecular complexity index is 7.51. The van der Waals surface area contributed by atoms with Gasteiger partial charge in [-0.1, -0.05) is 0 Å². The molecule has 40 valence electrons. The Morgan fingerprint density at radius 2 is 0.667 bits per heavy atom. The molecule has 0 aliphatic carbocycles. The third-order valence-corrected chi connectivity index (χ3v) is 0. The van der Waals surface area contributed by atoms with Gasteiger partial charge < -0.3 is 12.4 Å². The molecule has 0 saturated heterocycles. The Morgan fingerprint density at radius 1 is 0.667 bits per heavy atom. The first kappa shape index (κ1) is 70.3. The molecule has 0 aromatic heterocycles. The average molecular weight is 246 g/mol. The Labute approximate surface area is 95.8 Å². The zero-order valence-corrected chi connectivity index (χ0v) is 11.5. The standard InChI is InChI=1S/AsH3.4ClH.Na/h1H3;4*1H;/q;;;;;+1/p-1. The molecule has 0 nitrogen and oxygen atoms in total. The fraction of sp³-hybridized carbons (Fsp3) is 0. The molecule has 6 heteroatoms. The van der Waals surface area contributed by atoms with E-state index in [0.29, 0.717) is 0 Å². The number of halogens is 4. The van der Waals surface area contributed by atoms with Crippen LogP contribution in [0.2, 0.25) is 0 Å². The summed E-state index contributed by atoms with van der Waals surface area (Å²) in [7, 11) is 0. The van der Waals surface area contributed by atoms with Gasteiger partial charge in [0.05, 0.1) is 0 Å². The SMILES string of the molecule is Cl.Cl.Cl.[AsH3].[Cl-].[Na+]. The van der Waals surface area contributed by atoms with Crippen LogP contribution in [0.3, 0.4) is 0 Å². The molecule has 0 spiro atoms. The van der Waals surface area contributed by atoms with Crippen LogP contribution in [0.25, 0.3) is 0 Å². The molecule has 0 rings (SSSR count). The first-order valence-electron chi connectivity index (χ1n) is 0. The summed E-state index contributed by atoms with van der Waals surface area (Å²) in [4.78, 5) is 0. The summed E-state index contributed by atoms with van der Waals surface area (Å²) in [5.74, 6) is 0. The van der Waals surface area contributed by atoms with Gasteiger partial charge in [-0.15, -0.1) is 37.2 Å². The van der Waals surface area contributed by atoms with Crippen molar-refractivity contribution in [3.63, 3.8) is 0 Å². The first-order chi connectivity index (χ1) is 0. The van der Waals surface area contributed by atoms with Crippen molar-refractivity contribution in [3.05, 3.63) is 0 Å². The maximum absolute atomic E-state index is 0. The molecular weight excluding hydrogens is 240 g/mol. The van der Waals surface area contributed by atoms with Crippen molar-refractivity contribution >= 4 is 55.2 Å². The molecule has 0 saturated carbocycles. The van der Waals surface area contributed by atoms with Gasteiger partial charge >= 0.3 is 47.5 Å². The van der Waals surface area contributed by atoms with E-state index in [9.17, 15) is 0 Å². The van der Waals surface area contributed by atoms with Crippen molar-refractivity contribution < 1.29 is 42.0 Å². The average Bonchev–Trinajstić information content (AvgIpc) is 0. The zero-order valence-electron chi connectivity index (χ0n) is 3.31. The molecule has 0 aromatic carbocycles. The van der Waals surface area contributed by atoms with E-state index in [1.807, 2.05) is 0 Å². The predicted molar refractivity (Wildman–Crippen MR) is 31.7 cm³/mol. The smallest absolute Gasteiger partial charge is 1.00 e. The number of hydrogen-bond acceptors (Lipinski definition) is 0. The van der Waals surface area contributed by atoms with Crippen LogP contribution in [-0.4, -0.2) is 18.0 Å². The van der Waals surface area contributed by atoms with Crippen molar-refractivity contribution in [2.24, 2.45) is 0 Å². The molecule has 1 unspecified atom stereocenters. The van der Waals surface area contributed by atoms with Crippen molar-refractivity contribution in [1.29, 1.82) is 0 Å². The minimum atomic E-state index is 0. The summed E-state index contributed by atoms with van der Waals surface area (Å²) in [6.07, 6.45) is 0. The van der Waals surface area contributed by atoms with Gasteiger partial charge in [-0.05, 0) is 0 Å². The fourth-order valence-corrected chi connectivity index (χ4v) is 0. The molecule has 1 atom stereocenters. The summed E-state index contributed by atoms with van der Waals surface area (Å²) >= 11 is 0. The minimum absolute atomic E-state index is 0. The second kappa shape index (κ2) is 47.1. The maximum Gasteiger partial charge on any atom is 1.00 e. The van der Waals surface area contributed by atoms with Gasteiger partial charge in [0, 0.05) is 0 Å². The molecule has 0 radical (unpaired) electrons. The molecule has 0 heterocycles. The van der Waals surface area contributed by atoms with Crippen molar-refractivity contribution in [2.75, 3.05) is 0 Å². The topological polar surface area (TPSA) is 0 Å². The van der Waals surface area contributed by atoms with Gasteiger partial charge in [0.15, 0.2) is 0 Å². The molecule has 6 heavy (non-hydrogen) atoms. The Hall–Kier alpha value is 2.72. The van der Waals surface area contributed by atoms with Crippen LogP contribution < -0.4 is 42.0 Å². The van der Waals surface area contributed by atoms with Crippen LogP contribution in [0, 0.1) is 0 Å². The van der Waals surface area contributed by atoms with Gasteiger partial charge in [-0.25, -0.2) is 0 Å². The van der Waals surface area contributed by atoms with Crippen LogP contribution in [0.5, 0.6) is 0 Å². The summed E-state index contributed by atoms with van der Waals surface area (Å²) < 4.78 is 0. The summed E-state index contributed by atoms with van der Waals surface area (Å²) in [5.41, 5.74) is 0. The van der Waals surface area contributed by atoms with E-state index in [-0.39, 0.29) is 97.1 Å². The molecule has 0 aliphatic rings. The Morgan fingerprint density at radius 3 is 0.667 bits per heavy atom. The van der Waals surface area contributed by atoms with Crippen LogP contribution in [0.15, 0.2) is 0 Å². The number of hydrogen-bond donors (Lipinski definition) is 0. The Balaban J connectivity index is 0. The number of rotatable bonds is 0. The molecule has 0 aromatic rings. The van der Waals surface area contributed by atoms with Crippen LogP contribution in [-0.2, 0) is 0 Å². The summed E-state index contributed by atoms with van der Waals surface area (Å²) in [5, 5.41) is 0. The molecule has 0 aliphatic heterocycles. The zero-order chi connectivity index (χ0) is 0. The van der Waals surface area contributed by atoms with Crippen LogP contribution >= 0.6 is 37.2 Å². The van der Waals surface area contributed by atoms with Crippen molar-refractivity contribution in [2.45, 2.75) is 0 Å². The quantitative estimate of drug-likeness (QED) is 0.373. The van der Waals surface area contributed by atoms with Gasteiger partial charge in [-0.2, -0.15) is 0 Å². The monoisotopic (exact) mass is 244 g/mol. The van der Waals surface area contributed by atoms with Crippen LogP contribution in [0.4, 0.5) is 0 Å². The maximum atomic E-state index is 0. The van der Waals surface area contributed by atoms with E-state index >= 15 is 0 Å². The molecule has 0 N–H and O–H groups in total. The van der Waals surface area contributed by atoms with E-state index in [1.165, 1.54) is 0 Å². The summed E-state index contributed by atoms with van der Waals surface area (Å²) in [6.45, 7) is 0. The van der Waals surface area contributed by atoms with E-state index in [2.05, 4.69) is 0 Å². The van der Waals surface area contributed by atoms with Crippen LogP contribution in [0.1, 0.15) is 0 Å².